The largest absolute Gasteiger partial charge is 0.356 e. The summed E-state index contributed by atoms with van der Waals surface area (Å²) in [5.74, 6) is 1.81. The van der Waals surface area contributed by atoms with Crippen molar-refractivity contribution in [3.8, 4) is 0 Å². The van der Waals surface area contributed by atoms with E-state index in [2.05, 4.69) is 25.9 Å². The molecule has 0 N–H and O–H groups in total. The summed E-state index contributed by atoms with van der Waals surface area (Å²) < 4.78 is 0. The predicted molar refractivity (Wildman–Crippen MR) is 81.4 cm³/mol. The van der Waals surface area contributed by atoms with Crippen LogP contribution in [0.3, 0.4) is 0 Å². The molecule has 0 aromatic carbocycles. The van der Waals surface area contributed by atoms with Crippen molar-refractivity contribution in [3.05, 3.63) is 47.7 Å². The van der Waals surface area contributed by atoms with Crippen LogP contribution in [0, 0.1) is 6.92 Å². The number of hydrogen-bond donors (Lipinski definition) is 0. The summed E-state index contributed by atoms with van der Waals surface area (Å²) in [6.07, 6.45) is 10.1. The van der Waals surface area contributed by atoms with Crippen molar-refractivity contribution in [1.82, 2.24) is 15.0 Å². The molecule has 0 amide bonds. The molecule has 3 heterocycles. The van der Waals surface area contributed by atoms with E-state index in [0.717, 1.165) is 36.0 Å². The Kier molecular flexibility index (Phi) is 3.72. The van der Waals surface area contributed by atoms with Gasteiger partial charge in [-0.3, -0.25) is 4.98 Å². The molecule has 3 rings (SSSR count). The molecule has 2 aromatic rings. The number of anilines is 1. The van der Waals surface area contributed by atoms with Gasteiger partial charge in [0.15, 0.2) is 5.82 Å². The number of aromatic nitrogens is 3. The fourth-order valence-electron chi connectivity index (χ4n) is 2.40. The maximum Gasteiger partial charge on any atom is 0.154 e. The molecule has 0 unspecified atom stereocenters. The maximum absolute atomic E-state index is 4.64. The topological polar surface area (TPSA) is 41.9 Å². The van der Waals surface area contributed by atoms with Crippen LogP contribution >= 0.6 is 0 Å². The van der Waals surface area contributed by atoms with Gasteiger partial charge in [-0.05, 0) is 43.5 Å². The SMILES string of the molecule is Cc1cc(N2CCCC2)nc(/C=C/c2ccncc2)n1. The van der Waals surface area contributed by atoms with E-state index in [1.54, 1.807) is 12.4 Å². The average Bonchev–Trinajstić information content (AvgIpc) is 3.00. The highest BCUT2D eigenvalue weighted by atomic mass is 15.2. The molecule has 1 fully saturated rings. The average molecular weight is 266 g/mol. The Morgan fingerprint density at radius 3 is 2.55 bits per heavy atom. The van der Waals surface area contributed by atoms with Gasteiger partial charge in [0.05, 0.1) is 0 Å². The molecule has 0 bridgehead atoms. The standard InChI is InChI=1S/C16H18N4/c1-13-12-16(20-10-2-3-11-20)19-15(18-13)5-4-14-6-8-17-9-7-14/h4-9,12H,2-3,10-11H2,1H3/b5-4+. The number of hydrogen-bond acceptors (Lipinski definition) is 4. The van der Waals surface area contributed by atoms with Crippen LogP contribution in [0.25, 0.3) is 12.2 Å². The van der Waals surface area contributed by atoms with Crippen LogP contribution in [0.4, 0.5) is 5.82 Å². The van der Waals surface area contributed by atoms with Crippen LogP contribution in [-0.2, 0) is 0 Å². The Balaban J connectivity index is 1.84. The molecule has 1 saturated heterocycles. The highest BCUT2D eigenvalue weighted by Gasteiger charge is 2.14. The summed E-state index contributed by atoms with van der Waals surface area (Å²) in [4.78, 5) is 15.5. The van der Waals surface area contributed by atoms with E-state index in [0.29, 0.717) is 0 Å². The Labute approximate surface area is 119 Å². The second-order valence-electron chi connectivity index (χ2n) is 5.03. The van der Waals surface area contributed by atoms with Gasteiger partial charge < -0.3 is 4.90 Å². The Bertz CT molecular complexity index is 601. The van der Waals surface area contributed by atoms with E-state index in [9.17, 15) is 0 Å². The fraction of sp³-hybridized carbons (Fsp3) is 0.312. The second kappa shape index (κ2) is 5.82. The molecular formula is C16H18N4. The van der Waals surface area contributed by atoms with Crippen LogP contribution in [0.1, 0.15) is 29.9 Å². The zero-order valence-electron chi connectivity index (χ0n) is 11.7. The first-order valence-electron chi connectivity index (χ1n) is 7.00. The van der Waals surface area contributed by atoms with E-state index in [4.69, 9.17) is 0 Å². The van der Waals surface area contributed by atoms with E-state index < -0.39 is 0 Å². The fourth-order valence-corrected chi connectivity index (χ4v) is 2.40. The summed E-state index contributed by atoms with van der Waals surface area (Å²) in [7, 11) is 0. The number of aryl methyl sites for hydroxylation is 1. The minimum atomic E-state index is 0.767. The molecule has 4 heteroatoms. The van der Waals surface area contributed by atoms with E-state index >= 15 is 0 Å². The maximum atomic E-state index is 4.64. The summed E-state index contributed by atoms with van der Waals surface area (Å²) >= 11 is 0. The number of rotatable bonds is 3. The van der Waals surface area contributed by atoms with Crippen molar-refractivity contribution in [1.29, 1.82) is 0 Å². The van der Waals surface area contributed by atoms with Gasteiger partial charge >= 0.3 is 0 Å². The van der Waals surface area contributed by atoms with Gasteiger partial charge in [-0.15, -0.1) is 0 Å². The van der Waals surface area contributed by atoms with Gasteiger partial charge in [-0.1, -0.05) is 6.08 Å². The molecular weight excluding hydrogens is 248 g/mol. The lowest BCUT2D eigenvalue weighted by molar-refractivity contribution is 0.915. The molecule has 0 atom stereocenters. The smallest absolute Gasteiger partial charge is 0.154 e. The van der Waals surface area contributed by atoms with Crippen molar-refractivity contribution in [2.75, 3.05) is 18.0 Å². The molecule has 4 nitrogen and oxygen atoms in total. The first-order chi connectivity index (χ1) is 9.81. The monoisotopic (exact) mass is 266 g/mol. The lowest BCUT2D eigenvalue weighted by Gasteiger charge is -2.16. The Morgan fingerprint density at radius 2 is 1.80 bits per heavy atom. The van der Waals surface area contributed by atoms with Crippen molar-refractivity contribution in [3.63, 3.8) is 0 Å². The summed E-state index contributed by atoms with van der Waals surface area (Å²) in [5.41, 5.74) is 2.11. The predicted octanol–water partition coefficient (Wildman–Crippen LogP) is 2.95. The normalized spacial score (nSPS) is 15.2. The van der Waals surface area contributed by atoms with Crippen LogP contribution < -0.4 is 4.90 Å². The molecule has 20 heavy (non-hydrogen) atoms. The highest BCUT2D eigenvalue weighted by molar-refractivity contribution is 5.66. The minimum Gasteiger partial charge on any atom is -0.356 e. The lowest BCUT2D eigenvalue weighted by atomic mass is 10.2. The molecule has 0 aliphatic carbocycles. The van der Waals surface area contributed by atoms with Gasteiger partial charge in [-0.2, -0.15) is 0 Å². The van der Waals surface area contributed by atoms with Crippen molar-refractivity contribution >= 4 is 18.0 Å². The highest BCUT2D eigenvalue weighted by Crippen LogP contribution is 2.19. The quantitative estimate of drug-likeness (QED) is 0.856. The van der Waals surface area contributed by atoms with Gasteiger partial charge in [0.25, 0.3) is 0 Å². The summed E-state index contributed by atoms with van der Waals surface area (Å²) in [6.45, 7) is 4.22. The van der Waals surface area contributed by atoms with Crippen LogP contribution in [0.2, 0.25) is 0 Å². The van der Waals surface area contributed by atoms with Gasteiger partial charge in [0, 0.05) is 37.2 Å². The molecule has 1 aliphatic rings. The zero-order valence-corrected chi connectivity index (χ0v) is 11.7. The van der Waals surface area contributed by atoms with E-state index in [-0.39, 0.29) is 0 Å². The third-order valence-corrected chi connectivity index (χ3v) is 3.42. The number of pyridine rings is 1. The van der Waals surface area contributed by atoms with Crippen LogP contribution in [0.5, 0.6) is 0 Å². The summed E-state index contributed by atoms with van der Waals surface area (Å²) in [5, 5.41) is 0. The van der Waals surface area contributed by atoms with E-state index in [1.807, 2.05) is 31.2 Å². The molecule has 0 spiro atoms. The van der Waals surface area contributed by atoms with Gasteiger partial charge in [0.1, 0.15) is 5.82 Å². The molecule has 102 valence electrons. The van der Waals surface area contributed by atoms with Crippen molar-refractivity contribution in [2.24, 2.45) is 0 Å². The summed E-state index contributed by atoms with van der Waals surface area (Å²) in [6, 6.07) is 6.00. The first-order valence-corrected chi connectivity index (χ1v) is 7.00. The lowest BCUT2D eigenvalue weighted by Crippen LogP contribution is -2.19. The molecule has 1 aliphatic heterocycles. The second-order valence-corrected chi connectivity index (χ2v) is 5.03. The van der Waals surface area contributed by atoms with Gasteiger partial charge in [0.2, 0.25) is 0 Å². The van der Waals surface area contributed by atoms with Crippen molar-refractivity contribution in [2.45, 2.75) is 19.8 Å². The van der Waals surface area contributed by atoms with Crippen LogP contribution in [-0.4, -0.2) is 28.0 Å². The molecule has 2 aromatic heterocycles. The van der Waals surface area contributed by atoms with Gasteiger partial charge in [-0.25, -0.2) is 9.97 Å². The third kappa shape index (κ3) is 3.02. The minimum absolute atomic E-state index is 0.767. The Hall–Kier alpha value is -2.23. The number of nitrogens with zero attached hydrogens (tertiary/aromatic N) is 4. The van der Waals surface area contributed by atoms with Crippen LogP contribution in [0.15, 0.2) is 30.6 Å². The zero-order chi connectivity index (χ0) is 13.8. The first kappa shape index (κ1) is 12.8. The molecule has 0 radical (unpaired) electrons. The van der Waals surface area contributed by atoms with Crippen molar-refractivity contribution < 1.29 is 0 Å². The Morgan fingerprint density at radius 1 is 1.05 bits per heavy atom. The third-order valence-electron chi connectivity index (χ3n) is 3.42. The molecule has 0 saturated carbocycles. The van der Waals surface area contributed by atoms with E-state index in [1.165, 1.54) is 12.8 Å².